The topological polar surface area (TPSA) is 97.8 Å². The van der Waals surface area contributed by atoms with Gasteiger partial charge in [0.15, 0.2) is 0 Å². The third kappa shape index (κ3) is 7.17. The lowest BCUT2D eigenvalue weighted by Crippen LogP contribution is -2.51. The number of hydrogen-bond acceptors (Lipinski definition) is 7. The van der Waals surface area contributed by atoms with Crippen LogP contribution in [0.5, 0.6) is 11.6 Å². The Morgan fingerprint density at radius 2 is 1.85 bits per heavy atom. The second-order valence-electron chi connectivity index (χ2n) is 11.0. The summed E-state index contributed by atoms with van der Waals surface area (Å²) in [5.41, 5.74) is 2.50. The number of ether oxygens (including phenoxy) is 2. The Hall–Kier alpha value is -3.21. The number of nitrogens with zero attached hydrogens (tertiary/aromatic N) is 2. The van der Waals surface area contributed by atoms with Gasteiger partial charge >= 0.3 is 0 Å². The Morgan fingerprint density at radius 3 is 2.46 bits per heavy atom. The first-order valence-electron chi connectivity index (χ1n) is 13.6. The first-order valence-corrected chi connectivity index (χ1v) is 15.8. The van der Waals surface area contributed by atoms with E-state index in [0.717, 1.165) is 48.9 Å². The first-order chi connectivity index (χ1) is 19.5. The van der Waals surface area contributed by atoms with Crippen LogP contribution >= 0.6 is 11.6 Å². The molecule has 1 aromatic heterocycles. The van der Waals surface area contributed by atoms with E-state index in [1.807, 2.05) is 42.8 Å². The van der Waals surface area contributed by atoms with Crippen molar-refractivity contribution < 1.29 is 27.1 Å². The molecule has 2 aromatic carbocycles. The zero-order valence-electron chi connectivity index (χ0n) is 23.1. The first kappa shape index (κ1) is 29.3. The van der Waals surface area contributed by atoms with Gasteiger partial charge in [-0.1, -0.05) is 41.9 Å². The normalized spacial score (nSPS) is 16.7. The molecule has 2 fully saturated rings. The Bertz CT molecular complexity index is 1530. The average Bonchev–Trinajstić information content (AvgIpc) is 3.71. The molecule has 0 radical (unpaired) electrons. The highest BCUT2D eigenvalue weighted by atomic mass is 35.5. The summed E-state index contributed by atoms with van der Waals surface area (Å²) in [7, 11) is -3.81. The number of pyridine rings is 1. The van der Waals surface area contributed by atoms with Gasteiger partial charge in [-0.25, -0.2) is 22.5 Å². The molecule has 8 nitrogen and oxygen atoms in total. The summed E-state index contributed by atoms with van der Waals surface area (Å²) < 4.78 is 51.4. The van der Waals surface area contributed by atoms with Crippen LogP contribution in [0, 0.1) is 11.7 Å². The van der Waals surface area contributed by atoms with Crippen LogP contribution in [0.15, 0.2) is 54.7 Å². The van der Waals surface area contributed by atoms with E-state index in [9.17, 15) is 17.6 Å². The fourth-order valence-corrected chi connectivity index (χ4v) is 5.76. The van der Waals surface area contributed by atoms with E-state index in [1.54, 1.807) is 6.20 Å². The van der Waals surface area contributed by atoms with Crippen molar-refractivity contribution in [1.29, 1.82) is 0 Å². The Kier molecular flexibility index (Phi) is 8.54. The smallest absolute Gasteiger partial charge is 0.267 e. The number of carbonyl (C=O) groups excluding carboxylic acids is 1. The van der Waals surface area contributed by atoms with E-state index in [2.05, 4.69) is 22.0 Å². The van der Waals surface area contributed by atoms with Gasteiger partial charge in [0.05, 0.1) is 30.6 Å². The fraction of sp³-hybridized carbons (Fsp3) is 0.400. The van der Waals surface area contributed by atoms with Crippen molar-refractivity contribution in [3.8, 4) is 11.6 Å². The summed E-state index contributed by atoms with van der Waals surface area (Å²) in [4.78, 5) is 19.1. The summed E-state index contributed by atoms with van der Waals surface area (Å²) in [6.07, 6.45) is 4.43. The molecule has 1 N–H and O–H groups in total. The molecule has 0 spiro atoms. The van der Waals surface area contributed by atoms with Gasteiger partial charge in [0, 0.05) is 31.3 Å². The van der Waals surface area contributed by atoms with Crippen LogP contribution in [-0.2, 0) is 10.0 Å². The number of amides is 1. The molecule has 0 bridgehead atoms. The van der Waals surface area contributed by atoms with Crippen molar-refractivity contribution in [1.82, 2.24) is 14.6 Å². The molecule has 1 atom stereocenters. The van der Waals surface area contributed by atoms with Crippen LogP contribution in [0.25, 0.3) is 0 Å². The number of benzene rings is 2. The number of sulfonamides is 1. The molecule has 11 heteroatoms. The van der Waals surface area contributed by atoms with E-state index < -0.39 is 21.7 Å². The molecule has 1 aliphatic heterocycles. The number of nitrogens with one attached hydrogen (secondary N) is 1. The highest BCUT2D eigenvalue weighted by Gasteiger charge is 2.36. The Labute approximate surface area is 244 Å². The minimum absolute atomic E-state index is 0.0401. The summed E-state index contributed by atoms with van der Waals surface area (Å²) in [6.45, 7) is 5.72. The summed E-state index contributed by atoms with van der Waals surface area (Å²) in [6, 6.07) is 14.6. The molecule has 1 saturated heterocycles. The minimum Gasteiger partial charge on any atom is -0.493 e. The number of halogens is 2. The predicted octanol–water partition coefficient (Wildman–Crippen LogP) is 5.33. The lowest BCUT2D eigenvalue weighted by atomic mass is 9.91. The zero-order valence-corrected chi connectivity index (χ0v) is 24.7. The lowest BCUT2D eigenvalue weighted by Gasteiger charge is -2.44. The van der Waals surface area contributed by atoms with Gasteiger partial charge in [0.2, 0.25) is 15.9 Å². The fourth-order valence-electron chi connectivity index (χ4n) is 5.09. The van der Waals surface area contributed by atoms with Gasteiger partial charge < -0.3 is 9.47 Å². The van der Waals surface area contributed by atoms with Gasteiger partial charge in [-0.05, 0) is 61.4 Å². The van der Waals surface area contributed by atoms with Crippen LogP contribution in [0.2, 0.25) is 5.02 Å². The van der Waals surface area contributed by atoms with Gasteiger partial charge in [-0.3, -0.25) is 9.69 Å². The molecule has 2 aliphatic rings. The SMILES string of the molecule is CC(C)Oc1ncc(C(c2ccccc2)N2CC(COc3cc(F)c(C(=O)NS(C)(=O)=O)cc3C3CC3)C2)cc1Cl. The van der Waals surface area contributed by atoms with Crippen molar-refractivity contribution in [3.63, 3.8) is 0 Å². The maximum atomic E-state index is 14.9. The van der Waals surface area contributed by atoms with Crippen molar-refractivity contribution >= 4 is 27.5 Å². The van der Waals surface area contributed by atoms with E-state index >= 15 is 0 Å². The van der Waals surface area contributed by atoms with Crippen molar-refractivity contribution in [3.05, 3.63) is 87.8 Å². The summed E-state index contributed by atoms with van der Waals surface area (Å²) >= 11 is 6.53. The number of aromatic nitrogens is 1. The maximum absolute atomic E-state index is 14.9. The second-order valence-corrected chi connectivity index (χ2v) is 13.2. The third-order valence-electron chi connectivity index (χ3n) is 7.07. The van der Waals surface area contributed by atoms with Crippen molar-refractivity contribution in [2.24, 2.45) is 5.92 Å². The maximum Gasteiger partial charge on any atom is 0.267 e. The standard InChI is InChI=1S/C30H33ClFN3O5S/c1-18(2)40-30-25(31)11-22(14-33-30)28(21-7-5-4-6-8-21)35-15-19(16-35)17-39-27-13-26(32)24(12-23(27)20-9-10-20)29(36)34-41(3,37)38/h4-8,11-14,18-20,28H,9-10,15-17H2,1-3H3,(H,34,36). The largest absolute Gasteiger partial charge is 0.493 e. The molecule has 1 saturated carbocycles. The van der Waals surface area contributed by atoms with Crippen LogP contribution in [0.1, 0.15) is 65.7 Å². The molecule has 218 valence electrons. The summed E-state index contributed by atoms with van der Waals surface area (Å²) in [5.74, 6) is -0.633. The molecular weight excluding hydrogens is 569 g/mol. The number of likely N-dealkylation sites (tertiary alicyclic amines) is 1. The molecule has 41 heavy (non-hydrogen) atoms. The minimum atomic E-state index is -3.81. The van der Waals surface area contributed by atoms with Crippen LogP contribution in [-0.4, -0.2) is 56.3 Å². The van der Waals surface area contributed by atoms with Crippen LogP contribution < -0.4 is 14.2 Å². The molecule has 2 heterocycles. The summed E-state index contributed by atoms with van der Waals surface area (Å²) in [5, 5.41) is 0.459. The highest BCUT2D eigenvalue weighted by molar-refractivity contribution is 7.89. The lowest BCUT2D eigenvalue weighted by molar-refractivity contribution is 0.0374. The van der Waals surface area contributed by atoms with E-state index in [0.29, 0.717) is 23.3 Å². The van der Waals surface area contributed by atoms with Crippen LogP contribution in [0.4, 0.5) is 4.39 Å². The predicted molar refractivity (Wildman–Crippen MR) is 155 cm³/mol. The number of carbonyl (C=O) groups is 1. The van der Waals surface area contributed by atoms with E-state index in [1.165, 1.54) is 12.1 Å². The molecule has 1 aliphatic carbocycles. The molecule has 3 aromatic rings. The molecule has 1 amide bonds. The van der Waals surface area contributed by atoms with Gasteiger partial charge in [-0.2, -0.15) is 0 Å². The molecular formula is C30H33ClFN3O5S. The quantitative estimate of drug-likeness (QED) is 0.317. The Balaban J connectivity index is 1.28. The van der Waals surface area contributed by atoms with Crippen LogP contribution in [0.3, 0.4) is 0 Å². The third-order valence-corrected chi connectivity index (χ3v) is 7.90. The van der Waals surface area contributed by atoms with Crippen molar-refractivity contribution in [2.45, 2.75) is 44.8 Å². The van der Waals surface area contributed by atoms with E-state index in [-0.39, 0.29) is 29.5 Å². The number of rotatable bonds is 11. The Morgan fingerprint density at radius 1 is 1.15 bits per heavy atom. The van der Waals surface area contributed by atoms with Crippen molar-refractivity contribution in [2.75, 3.05) is 26.0 Å². The highest BCUT2D eigenvalue weighted by Crippen LogP contribution is 2.45. The van der Waals surface area contributed by atoms with Gasteiger partial charge in [-0.15, -0.1) is 0 Å². The van der Waals surface area contributed by atoms with Gasteiger partial charge in [0.25, 0.3) is 5.91 Å². The number of hydrogen-bond donors (Lipinski definition) is 1. The molecule has 5 rings (SSSR count). The zero-order chi connectivity index (χ0) is 29.3. The average molecular weight is 602 g/mol. The molecule has 1 unspecified atom stereocenters. The monoisotopic (exact) mass is 601 g/mol. The second kappa shape index (κ2) is 12.0. The van der Waals surface area contributed by atoms with E-state index in [4.69, 9.17) is 21.1 Å². The van der Waals surface area contributed by atoms with Gasteiger partial charge in [0.1, 0.15) is 16.6 Å².